The molecule has 3 saturated carbocycles. The molecule has 8 nitrogen and oxygen atoms in total. The van der Waals surface area contributed by atoms with Gasteiger partial charge in [-0.05, 0) is 88.2 Å². The van der Waals surface area contributed by atoms with Crippen molar-refractivity contribution in [3.63, 3.8) is 0 Å². The summed E-state index contributed by atoms with van der Waals surface area (Å²) in [5.74, 6) is 0.616. The zero-order valence-corrected chi connectivity index (χ0v) is 28.8. The molecular formula is C37H56O8. The van der Waals surface area contributed by atoms with Crippen molar-refractivity contribution >= 4 is 11.8 Å². The molecule has 1 aliphatic heterocycles. The zero-order valence-electron chi connectivity index (χ0n) is 28.8. The first-order valence-electron chi connectivity index (χ1n) is 16.6. The molecule has 10 atom stereocenters. The van der Waals surface area contributed by atoms with Crippen LogP contribution in [0.25, 0.3) is 0 Å². The molecule has 0 unspecified atom stereocenters. The van der Waals surface area contributed by atoms with Crippen molar-refractivity contribution in [1.29, 1.82) is 0 Å². The molecule has 4 rings (SSSR count). The average Bonchev–Trinajstić information content (AvgIpc) is 3.23. The second kappa shape index (κ2) is 13.6. The fourth-order valence-electron chi connectivity index (χ4n) is 9.26. The lowest BCUT2D eigenvalue weighted by Gasteiger charge is -2.62. The van der Waals surface area contributed by atoms with Crippen LogP contribution in [0.4, 0.5) is 0 Å². The van der Waals surface area contributed by atoms with Gasteiger partial charge in [-0.25, -0.2) is 0 Å². The molecule has 8 heteroatoms. The van der Waals surface area contributed by atoms with Gasteiger partial charge in [0, 0.05) is 29.7 Å². The minimum atomic E-state index is -1.36. The number of hydrogen-bond acceptors (Lipinski definition) is 8. The number of Topliss-reactive ketones (excluding diaryl/α,β-unsaturated/α-hetero) is 1. The van der Waals surface area contributed by atoms with Crippen LogP contribution in [0.2, 0.25) is 0 Å². The first-order valence-corrected chi connectivity index (χ1v) is 16.6. The number of hydrogen-bond donors (Lipinski definition) is 3. The summed E-state index contributed by atoms with van der Waals surface area (Å²) in [7, 11) is 0. The van der Waals surface area contributed by atoms with Crippen LogP contribution in [0.5, 0.6) is 0 Å². The van der Waals surface area contributed by atoms with E-state index in [1.165, 1.54) is 6.92 Å². The van der Waals surface area contributed by atoms with Gasteiger partial charge in [0.15, 0.2) is 12.1 Å². The van der Waals surface area contributed by atoms with E-state index in [4.69, 9.17) is 14.2 Å². The predicted molar refractivity (Wildman–Crippen MR) is 173 cm³/mol. The topological polar surface area (TPSA) is 123 Å². The van der Waals surface area contributed by atoms with E-state index < -0.39 is 30.7 Å². The number of aliphatic hydroxyl groups is 3. The van der Waals surface area contributed by atoms with Gasteiger partial charge in [0.2, 0.25) is 0 Å². The molecule has 4 fully saturated rings. The summed E-state index contributed by atoms with van der Waals surface area (Å²) in [5.41, 5.74) is 3.56. The van der Waals surface area contributed by atoms with Crippen LogP contribution in [0.3, 0.4) is 0 Å². The Morgan fingerprint density at radius 3 is 2.33 bits per heavy atom. The van der Waals surface area contributed by atoms with E-state index in [-0.39, 0.29) is 46.6 Å². The maximum absolute atomic E-state index is 13.8. The van der Waals surface area contributed by atoms with Gasteiger partial charge in [-0.1, -0.05) is 57.6 Å². The summed E-state index contributed by atoms with van der Waals surface area (Å²) in [4.78, 5) is 25.6. The molecule has 0 aromatic rings. The first-order chi connectivity index (χ1) is 20.9. The van der Waals surface area contributed by atoms with Crippen molar-refractivity contribution in [2.45, 2.75) is 138 Å². The van der Waals surface area contributed by atoms with E-state index in [1.807, 2.05) is 45.9 Å². The second-order valence-electron chi connectivity index (χ2n) is 15.4. The van der Waals surface area contributed by atoms with Crippen LogP contribution in [0.1, 0.15) is 101 Å². The highest BCUT2D eigenvalue weighted by molar-refractivity contribution is 6.00. The van der Waals surface area contributed by atoms with Crippen LogP contribution >= 0.6 is 0 Å². The fraction of sp³-hybridized carbons (Fsp3) is 0.730. The highest BCUT2D eigenvalue weighted by atomic mass is 16.7. The zero-order chi connectivity index (χ0) is 33.5. The Morgan fingerprint density at radius 1 is 1.00 bits per heavy atom. The van der Waals surface area contributed by atoms with Crippen LogP contribution in [-0.4, -0.2) is 70.5 Å². The van der Waals surface area contributed by atoms with Crippen molar-refractivity contribution in [3.05, 3.63) is 46.6 Å². The lowest BCUT2D eigenvalue weighted by Crippen LogP contribution is -2.58. The molecule has 1 saturated heterocycles. The standard InChI is InChI=1S/C37H56O8/c1-21(2)13-14-27(45-34-33(42)32(41)26(40)20-43-34)22(3)11-10-12-23(4)31-25(39)19-29-36(8)18-16-30(44-24(5)38)35(6,7)28(36)15-17-37(29,31)9/h10-13,26-30,32-34,40-42H,14-20H2,1-9H3/b12-10+,22-11+,31-23-/t26-,27+,28+,29+,30-,32-,33-,34-,36+,37+/m1/s1. The summed E-state index contributed by atoms with van der Waals surface area (Å²) < 4.78 is 17.4. The molecule has 252 valence electrons. The largest absolute Gasteiger partial charge is 0.462 e. The maximum Gasteiger partial charge on any atom is 0.302 e. The number of ether oxygens (including phenoxy) is 3. The van der Waals surface area contributed by atoms with E-state index in [1.54, 1.807) is 0 Å². The highest BCUT2D eigenvalue weighted by Crippen LogP contribution is 2.69. The second-order valence-corrected chi connectivity index (χ2v) is 15.4. The Morgan fingerprint density at radius 2 is 1.69 bits per heavy atom. The molecule has 3 N–H and O–H groups in total. The Bertz CT molecular complexity index is 1250. The molecule has 4 aliphatic rings. The lowest BCUT2D eigenvalue weighted by atomic mass is 9.43. The minimum Gasteiger partial charge on any atom is -0.462 e. The monoisotopic (exact) mass is 628 g/mol. The third kappa shape index (κ3) is 6.96. The smallest absolute Gasteiger partial charge is 0.302 e. The number of carbonyl (C=O) groups excluding carboxylic acids is 2. The Kier molecular flexibility index (Phi) is 10.8. The van der Waals surface area contributed by atoms with Gasteiger partial charge in [0.1, 0.15) is 24.4 Å². The molecule has 45 heavy (non-hydrogen) atoms. The third-order valence-corrected chi connectivity index (χ3v) is 11.6. The van der Waals surface area contributed by atoms with Gasteiger partial charge in [0.25, 0.3) is 0 Å². The molecule has 0 aromatic heterocycles. The molecule has 3 aliphatic carbocycles. The molecule has 0 bridgehead atoms. The van der Waals surface area contributed by atoms with Gasteiger partial charge < -0.3 is 29.5 Å². The number of esters is 1. The average molecular weight is 629 g/mol. The summed E-state index contributed by atoms with van der Waals surface area (Å²) in [6.45, 7) is 18.5. The minimum absolute atomic E-state index is 0.0179. The Hall–Kier alpha value is -2.10. The van der Waals surface area contributed by atoms with E-state index >= 15 is 0 Å². The van der Waals surface area contributed by atoms with Gasteiger partial charge in [-0.3, -0.25) is 9.59 Å². The van der Waals surface area contributed by atoms with Crippen molar-refractivity contribution < 1.29 is 39.1 Å². The number of allylic oxidation sites excluding steroid dienone is 6. The van der Waals surface area contributed by atoms with Crippen LogP contribution in [0.15, 0.2) is 46.6 Å². The Labute approximate surface area is 269 Å². The number of ketones is 1. The number of rotatable bonds is 8. The molecule has 0 amide bonds. The first kappa shape index (κ1) is 35.7. The van der Waals surface area contributed by atoms with Crippen LogP contribution in [-0.2, 0) is 23.8 Å². The summed E-state index contributed by atoms with van der Waals surface area (Å²) in [5, 5.41) is 30.4. The molecule has 0 spiro atoms. The van der Waals surface area contributed by atoms with Gasteiger partial charge >= 0.3 is 5.97 Å². The third-order valence-electron chi connectivity index (χ3n) is 11.6. The number of aliphatic hydroxyl groups excluding tert-OH is 3. The molecule has 0 radical (unpaired) electrons. The van der Waals surface area contributed by atoms with Crippen molar-refractivity contribution in [1.82, 2.24) is 0 Å². The van der Waals surface area contributed by atoms with Crippen molar-refractivity contribution in [2.75, 3.05) is 6.61 Å². The molecule has 0 aromatic carbocycles. The van der Waals surface area contributed by atoms with Crippen LogP contribution < -0.4 is 0 Å². The fourth-order valence-corrected chi connectivity index (χ4v) is 9.26. The van der Waals surface area contributed by atoms with E-state index in [0.29, 0.717) is 18.8 Å². The Balaban J connectivity index is 1.55. The quantitative estimate of drug-likeness (QED) is 0.134. The van der Waals surface area contributed by atoms with Gasteiger partial charge in [-0.15, -0.1) is 0 Å². The maximum atomic E-state index is 13.8. The normalized spacial score (nSPS) is 40.0. The van der Waals surface area contributed by atoms with Gasteiger partial charge in [0.05, 0.1) is 12.7 Å². The van der Waals surface area contributed by atoms with Gasteiger partial charge in [-0.2, -0.15) is 0 Å². The summed E-state index contributed by atoms with van der Waals surface area (Å²) >= 11 is 0. The van der Waals surface area contributed by atoms with E-state index in [0.717, 1.165) is 48.0 Å². The lowest BCUT2D eigenvalue weighted by molar-refractivity contribution is -0.278. The van der Waals surface area contributed by atoms with E-state index in [9.17, 15) is 24.9 Å². The number of carbonyl (C=O) groups is 2. The van der Waals surface area contributed by atoms with Crippen LogP contribution in [0, 0.1) is 28.1 Å². The van der Waals surface area contributed by atoms with Crippen molar-refractivity contribution in [2.24, 2.45) is 28.1 Å². The molecular weight excluding hydrogens is 572 g/mol. The van der Waals surface area contributed by atoms with E-state index in [2.05, 4.69) is 33.8 Å². The predicted octanol–water partition coefficient (Wildman–Crippen LogP) is 5.75. The molecule has 1 heterocycles. The number of fused-ring (bicyclic) bond motifs is 3. The summed E-state index contributed by atoms with van der Waals surface area (Å²) in [6, 6.07) is 0. The SMILES string of the molecule is CC(=O)O[C@@H]1CC[C@@]2(C)[C@@H](CC[C@]3(C)\C(=C(C)/C=C/C=C(\C)[C@H](CC=C(C)C)O[C@H]4OC[C@@H](O)[C@@H](O)[C@H]4O)C(=O)C[C@@H]23)C1(C)C. The summed E-state index contributed by atoms with van der Waals surface area (Å²) in [6.07, 6.45) is 7.33. The van der Waals surface area contributed by atoms with Crippen molar-refractivity contribution in [3.8, 4) is 0 Å². The highest BCUT2D eigenvalue weighted by Gasteiger charge is 2.65.